The number of esters is 1. The fraction of sp³-hybridized carbons (Fsp3) is 0.688. The molecule has 0 aromatic carbocycles. The number of aliphatic carboxylic acids is 1. The molecule has 0 radical (unpaired) electrons. The third kappa shape index (κ3) is 3.59. The summed E-state index contributed by atoms with van der Waals surface area (Å²) >= 11 is 1.30. The number of quaternary nitrogens is 1. The van der Waals surface area contributed by atoms with Crippen LogP contribution in [0.1, 0.15) is 39.0 Å². The van der Waals surface area contributed by atoms with E-state index in [0.29, 0.717) is 25.7 Å². The average Bonchev–Trinajstić information content (AvgIpc) is 2.60. The minimum Gasteiger partial charge on any atom is -0.540 e. The van der Waals surface area contributed by atoms with Gasteiger partial charge in [-0.1, -0.05) is 31.0 Å². The number of thioether (sulfide) groups is 1. The molecule has 2 N–H and O–H groups in total. The van der Waals surface area contributed by atoms with Crippen molar-refractivity contribution in [2.45, 2.75) is 49.8 Å². The molecule has 0 aliphatic carbocycles. The Labute approximate surface area is 166 Å². The largest absolute Gasteiger partial charge is 0.540 e. The molecular formula is C16H22N2O8S2. The number of hydrogen-bond acceptors (Lipinski definition) is 9. The first-order valence-electron chi connectivity index (χ1n) is 8.95. The predicted molar refractivity (Wildman–Crippen MR) is 95.2 cm³/mol. The normalized spacial score (nSPS) is 33.5. The van der Waals surface area contributed by atoms with Crippen molar-refractivity contribution in [3.63, 3.8) is 0 Å². The van der Waals surface area contributed by atoms with E-state index in [9.17, 15) is 32.5 Å². The molecule has 3 heterocycles. The third-order valence-corrected chi connectivity index (χ3v) is 7.90. The van der Waals surface area contributed by atoms with Crippen LogP contribution in [0.2, 0.25) is 0 Å². The van der Waals surface area contributed by atoms with Gasteiger partial charge in [0.05, 0.1) is 0 Å². The van der Waals surface area contributed by atoms with Gasteiger partial charge in [-0.05, 0) is 12.8 Å². The summed E-state index contributed by atoms with van der Waals surface area (Å²) in [6.45, 7) is 0.834. The van der Waals surface area contributed by atoms with Crippen LogP contribution in [0.3, 0.4) is 0 Å². The molecule has 28 heavy (non-hydrogen) atoms. The van der Waals surface area contributed by atoms with E-state index in [1.165, 1.54) is 18.7 Å². The molecule has 1 spiro atoms. The first kappa shape index (κ1) is 21.2. The lowest BCUT2D eigenvalue weighted by Gasteiger charge is -2.56. The van der Waals surface area contributed by atoms with Gasteiger partial charge >= 0.3 is 11.9 Å². The van der Waals surface area contributed by atoms with Crippen molar-refractivity contribution in [2.24, 2.45) is 5.92 Å². The molecule has 3 aliphatic heterocycles. The van der Waals surface area contributed by atoms with Gasteiger partial charge in [-0.15, -0.1) is 10.0 Å². The molecule has 2 bridgehead atoms. The number of carboxylic acid groups (broad SMARTS) is 1. The van der Waals surface area contributed by atoms with E-state index in [2.05, 4.69) is 5.43 Å². The Balaban J connectivity index is 2.11. The van der Waals surface area contributed by atoms with E-state index in [-0.39, 0.29) is 24.4 Å². The van der Waals surface area contributed by atoms with Gasteiger partial charge in [0.2, 0.25) is 0 Å². The number of carboxylic acids is 1. The first-order chi connectivity index (χ1) is 13.1. The van der Waals surface area contributed by atoms with Gasteiger partial charge < -0.3 is 14.6 Å². The molecule has 0 aromatic rings. The first-order valence-corrected chi connectivity index (χ1v) is 11.5. The van der Waals surface area contributed by atoms with Crippen molar-refractivity contribution in [1.29, 1.82) is 0 Å². The quantitative estimate of drug-likeness (QED) is 0.251. The summed E-state index contributed by atoms with van der Waals surface area (Å²) in [5.74, 6) is -2.95. The molecule has 3 rings (SSSR count). The fourth-order valence-electron chi connectivity index (χ4n) is 4.10. The van der Waals surface area contributed by atoms with Crippen molar-refractivity contribution >= 4 is 39.7 Å². The summed E-state index contributed by atoms with van der Waals surface area (Å²) < 4.78 is 37.4. The highest BCUT2D eigenvalue weighted by molar-refractivity contribution is 8.00. The fourth-order valence-corrected chi connectivity index (χ4v) is 6.43. The van der Waals surface area contributed by atoms with Crippen LogP contribution in [-0.2, 0) is 29.2 Å². The van der Waals surface area contributed by atoms with E-state index in [4.69, 9.17) is 4.74 Å². The second-order valence-electron chi connectivity index (χ2n) is 7.16. The van der Waals surface area contributed by atoms with Crippen molar-refractivity contribution < 1.29 is 41.8 Å². The monoisotopic (exact) mass is 434 g/mol. The van der Waals surface area contributed by atoms with E-state index in [1.807, 2.05) is 0 Å². The van der Waals surface area contributed by atoms with Crippen LogP contribution < -0.4 is 10.5 Å². The van der Waals surface area contributed by atoms with Crippen LogP contribution in [0.4, 0.5) is 0 Å². The van der Waals surface area contributed by atoms with E-state index in [0.717, 1.165) is 0 Å². The van der Waals surface area contributed by atoms with Crippen molar-refractivity contribution in [1.82, 2.24) is 5.43 Å². The standard InChI is InChI=1S/C16H22N2O8S2/c1-9(19)26-7-10-8-27-15-11-5-3-2-4-6-12(28(23,24)25)17-18(15,14(11)20)13(10)16(21)22/h11-12,15,17H,2-8H2,1H3,(H-,21,22,23,24,25)/t11-,12?,15-,18?/m1/s1. The van der Waals surface area contributed by atoms with Gasteiger partial charge in [-0.3, -0.25) is 9.35 Å². The smallest absolute Gasteiger partial charge is 0.349 e. The van der Waals surface area contributed by atoms with Crippen molar-refractivity contribution in [3.8, 4) is 0 Å². The molecule has 3 aliphatic rings. The zero-order valence-corrected chi connectivity index (χ0v) is 16.9. The number of carbonyl (C=O) groups is 3. The lowest BCUT2D eigenvalue weighted by Crippen LogP contribution is -2.82. The van der Waals surface area contributed by atoms with E-state index in [1.54, 1.807) is 0 Å². The Morgan fingerprint density at radius 2 is 2.00 bits per heavy atom. The van der Waals surface area contributed by atoms with Crippen LogP contribution in [0.5, 0.6) is 0 Å². The zero-order chi connectivity index (χ0) is 20.7. The summed E-state index contributed by atoms with van der Waals surface area (Å²) in [6.07, 6.45) is 2.52. The number of ether oxygens (including phenoxy) is 1. The highest BCUT2D eigenvalue weighted by atomic mass is 32.2. The maximum atomic E-state index is 13.1. The van der Waals surface area contributed by atoms with Gasteiger partial charge in [-0.25, -0.2) is 4.79 Å². The number of carbonyl (C=O) groups excluding carboxylic acids is 3. The molecule has 0 aromatic heterocycles. The Kier molecular flexibility index (Phi) is 5.88. The maximum absolute atomic E-state index is 13.1. The average molecular weight is 434 g/mol. The number of fused-ring (bicyclic) bond motifs is 2. The van der Waals surface area contributed by atoms with Crippen LogP contribution in [0, 0.1) is 5.92 Å². The molecule has 10 nitrogen and oxygen atoms in total. The Bertz CT molecular complexity index is 840. The number of nitrogens with zero attached hydrogens (tertiary/aromatic N) is 1. The van der Waals surface area contributed by atoms with Crippen LogP contribution in [0.25, 0.3) is 0 Å². The number of β-lactam (4-membered cyclic amide) rings is 1. The zero-order valence-electron chi connectivity index (χ0n) is 15.3. The van der Waals surface area contributed by atoms with E-state index >= 15 is 0 Å². The van der Waals surface area contributed by atoms with Crippen LogP contribution in [-0.4, -0.2) is 58.5 Å². The molecule has 1 amide bonds. The van der Waals surface area contributed by atoms with Crippen molar-refractivity contribution in [3.05, 3.63) is 11.3 Å². The molecule has 12 heteroatoms. The minimum atomic E-state index is -4.58. The van der Waals surface area contributed by atoms with Gasteiger partial charge in [-0.2, -0.15) is 8.42 Å². The van der Waals surface area contributed by atoms with E-state index < -0.39 is 54.9 Å². The number of hydrogen-bond donors (Lipinski definition) is 2. The van der Waals surface area contributed by atoms with Crippen molar-refractivity contribution in [2.75, 3.05) is 12.4 Å². The second-order valence-corrected chi connectivity index (χ2v) is 9.86. The van der Waals surface area contributed by atoms with Gasteiger partial charge in [0.1, 0.15) is 18.5 Å². The molecule has 2 fully saturated rings. The molecule has 0 saturated carbocycles. The summed E-state index contributed by atoms with van der Waals surface area (Å²) in [6, 6.07) is 0. The molecule has 156 valence electrons. The topological polar surface area (TPSA) is 150 Å². The number of nitrogens with one attached hydrogen (secondary N) is 1. The molecule has 2 unspecified atom stereocenters. The lowest BCUT2D eigenvalue weighted by molar-refractivity contribution is -0.906. The summed E-state index contributed by atoms with van der Waals surface area (Å²) in [4.78, 5) is 36.3. The van der Waals surface area contributed by atoms with Gasteiger partial charge in [0.15, 0.2) is 16.4 Å². The maximum Gasteiger partial charge on any atom is 0.349 e. The molecule has 2 saturated heterocycles. The number of rotatable bonds is 4. The lowest BCUT2D eigenvalue weighted by atomic mass is 9.87. The van der Waals surface area contributed by atoms with Gasteiger partial charge in [0.25, 0.3) is 10.1 Å². The summed E-state index contributed by atoms with van der Waals surface area (Å²) in [7, 11) is -4.58. The SMILES string of the molecule is CC(=O)OCC1=C(C(=O)[O-])[N+]23NC(S(=O)(=O)O)CCCCC[C@H](C2=O)[C@H]3SC1. The van der Waals surface area contributed by atoms with Gasteiger partial charge in [0, 0.05) is 18.2 Å². The predicted octanol–water partition coefficient (Wildman–Crippen LogP) is -0.718. The Morgan fingerprint density at radius 1 is 1.32 bits per heavy atom. The van der Waals surface area contributed by atoms with Crippen LogP contribution in [0.15, 0.2) is 11.3 Å². The second kappa shape index (κ2) is 7.75. The van der Waals surface area contributed by atoms with Crippen LogP contribution >= 0.6 is 11.8 Å². The summed E-state index contributed by atoms with van der Waals surface area (Å²) in [5.41, 5.74) is 2.36. The minimum absolute atomic E-state index is 0.0355. The Morgan fingerprint density at radius 3 is 2.61 bits per heavy atom. The Hall–Kier alpha value is -1.47. The molecule has 4 atom stereocenters. The highest BCUT2D eigenvalue weighted by Crippen LogP contribution is 2.51. The third-order valence-electron chi connectivity index (χ3n) is 5.34. The summed E-state index contributed by atoms with van der Waals surface area (Å²) in [5, 5.41) is 9.96. The molecular weight excluding hydrogens is 412 g/mol. The highest BCUT2D eigenvalue weighted by Gasteiger charge is 2.70. The number of amides is 1.